The van der Waals surface area contributed by atoms with Gasteiger partial charge < -0.3 is 15.2 Å². The van der Waals surface area contributed by atoms with Crippen molar-refractivity contribution in [1.29, 1.82) is 0 Å². The number of carbonyl (C=O) groups is 2. The van der Waals surface area contributed by atoms with Crippen LogP contribution in [-0.4, -0.2) is 36.2 Å². The first kappa shape index (κ1) is 13.7. The quantitative estimate of drug-likeness (QED) is 0.514. The number of ether oxygens (including phenoxy) is 1. The predicted molar refractivity (Wildman–Crippen MR) is 62.5 cm³/mol. The summed E-state index contributed by atoms with van der Waals surface area (Å²) in [7, 11) is 0. The largest absolute Gasteiger partial charge is 0.481 e. The number of carboxylic acids is 1. The van der Waals surface area contributed by atoms with Crippen molar-refractivity contribution in [2.75, 3.05) is 13.2 Å². The van der Waals surface area contributed by atoms with Crippen molar-refractivity contribution in [2.24, 2.45) is 5.92 Å². The molecule has 0 aromatic rings. The molecule has 0 spiro atoms. The van der Waals surface area contributed by atoms with E-state index >= 15 is 0 Å². The van der Waals surface area contributed by atoms with Gasteiger partial charge in [0.25, 0.3) is 0 Å². The highest BCUT2D eigenvalue weighted by Gasteiger charge is 2.24. The van der Waals surface area contributed by atoms with Crippen LogP contribution in [-0.2, 0) is 14.3 Å². The number of amides is 1. The van der Waals surface area contributed by atoms with Crippen LogP contribution in [0.15, 0.2) is 12.2 Å². The molecule has 0 saturated carbocycles. The van der Waals surface area contributed by atoms with E-state index in [0.29, 0.717) is 32.5 Å². The Morgan fingerprint density at radius 1 is 1.47 bits per heavy atom. The molecule has 0 saturated heterocycles. The molecule has 2 atom stereocenters. The van der Waals surface area contributed by atoms with Gasteiger partial charge in [-0.05, 0) is 19.8 Å². The first-order chi connectivity index (χ1) is 8.13. The van der Waals surface area contributed by atoms with Crippen LogP contribution in [0.1, 0.15) is 26.2 Å². The van der Waals surface area contributed by atoms with Crippen LogP contribution >= 0.6 is 0 Å². The zero-order chi connectivity index (χ0) is 12.7. The molecule has 0 radical (unpaired) electrons. The Morgan fingerprint density at radius 2 is 2.24 bits per heavy atom. The summed E-state index contributed by atoms with van der Waals surface area (Å²) in [4.78, 5) is 22.2. The number of aliphatic carboxylic acids is 1. The van der Waals surface area contributed by atoms with E-state index in [0.717, 1.165) is 0 Å². The van der Waals surface area contributed by atoms with Gasteiger partial charge >= 0.3 is 5.97 Å². The van der Waals surface area contributed by atoms with Gasteiger partial charge in [-0.25, -0.2) is 0 Å². The van der Waals surface area contributed by atoms with Crippen molar-refractivity contribution in [1.82, 2.24) is 5.32 Å². The third-order valence-corrected chi connectivity index (χ3v) is 2.64. The topological polar surface area (TPSA) is 75.6 Å². The molecule has 1 amide bonds. The van der Waals surface area contributed by atoms with Gasteiger partial charge in [0.2, 0.25) is 5.91 Å². The molecule has 5 nitrogen and oxygen atoms in total. The number of hydrogen-bond donors (Lipinski definition) is 2. The van der Waals surface area contributed by atoms with Gasteiger partial charge in [0, 0.05) is 25.7 Å². The minimum absolute atomic E-state index is 0.0506. The summed E-state index contributed by atoms with van der Waals surface area (Å²) in [5.74, 6) is -1.36. The fraction of sp³-hybridized carbons (Fsp3) is 0.667. The molecular formula is C12H19NO4. The summed E-state index contributed by atoms with van der Waals surface area (Å²) in [6, 6.07) is -0.143. The van der Waals surface area contributed by atoms with Gasteiger partial charge in [0.1, 0.15) is 0 Å². The van der Waals surface area contributed by atoms with Gasteiger partial charge in [-0.2, -0.15) is 0 Å². The maximum absolute atomic E-state index is 11.5. The van der Waals surface area contributed by atoms with Crippen LogP contribution in [0.3, 0.4) is 0 Å². The smallest absolute Gasteiger partial charge is 0.310 e. The maximum Gasteiger partial charge on any atom is 0.310 e. The molecule has 0 aliphatic heterocycles. The van der Waals surface area contributed by atoms with E-state index in [9.17, 15) is 9.59 Å². The third kappa shape index (κ3) is 4.99. The first-order valence-electron chi connectivity index (χ1n) is 5.91. The average molecular weight is 241 g/mol. The molecule has 1 aliphatic rings. The normalized spacial score (nSPS) is 22.6. The van der Waals surface area contributed by atoms with Crippen LogP contribution < -0.4 is 5.32 Å². The molecule has 0 bridgehead atoms. The first-order valence-corrected chi connectivity index (χ1v) is 5.91. The third-order valence-electron chi connectivity index (χ3n) is 2.64. The van der Waals surface area contributed by atoms with E-state index in [-0.39, 0.29) is 11.9 Å². The van der Waals surface area contributed by atoms with Gasteiger partial charge in [0.05, 0.1) is 5.92 Å². The molecule has 0 heterocycles. The highest BCUT2D eigenvalue weighted by molar-refractivity contribution is 5.77. The second-order valence-electron chi connectivity index (χ2n) is 4.04. The molecule has 2 N–H and O–H groups in total. The highest BCUT2D eigenvalue weighted by atomic mass is 16.5. The van der Waals surface area contributed by atoms with Gasteiger partial charge in [-0.15, -0.1) is 0 Å². The number of carbonyl (C=O) groups excluding carboxylic acids is 1. The molecule has 2 unspecified atom stereocenters. The second kappa shape index (κ2) is 7.06. The van der Waals surface area contributed by atoms with Crippen LogP contribution in [0, 0.1) is 5.92 Å². The molecule has 5 heteroatoms. The Hall–Kier alpha value is -1.36. The van der Waals surface area contributed by atoms with Crippen molar-refractivity contribution < 1.29 is 19.4 Å². The Labute approximate surface area is 101 Å². The van der Waals surface area contributed by atoms with E-state index < -0.39 is 11.9 Å². The summed E-state index contributed by atoms with van der Waals surface area (Å²) >= 11 is 0. The Bertz CT molecular complexity index is 301. The predicted octanol–water partition coefficient (Wildman–Crippen LogP) is 0.949. The van der Waals surface area contributed by atoms with Gasteiger partial charge in [-0.1, -0.05) is 12.2 Å². The molecule has 0 fully saturated rings. The molecule has 17 heavy (non-hydrogen) atoms. The van der Waals surface area contributed by atoms with E-state index in [2.05, 4.69) is 5.32 Å². The Balaban J connectivity index is 2.16. The fourth-order valence-electron chi connectivity index (χ4n) is 1.75. The van der Waals surface area contributed by atoms with Crippen molar-refractivity contribution in [3.63, 3.8) is 0 Å². The Morgan fingerprint density at radius 3 is 2.82 bits per heavy atom. The summed E-state index contributed by atoms with van der Waals surface area (Å²) in [5, 5.41) is 11.6. The minimum Gasteiger partial charge on any atom is -0.481 e. The lowest BCUT2D eigenvalue weighted by molar-refractivity contribution is -0.140. The van der Waals surface area contributed by atoms with Crippen LogP contribution in [0.4, 0.5) is 0 Å². The van der Waals surface area contributed by atoms with E-state index in [1.54, 1.807) is 12.2 Å². The average Bonchev–Trinajstić information content (AvgIpc) is 2.73. The fourth-order valence-corrected chi connectivity index (χ4v) is 1.75. The second-order valence-corrected chi connectivity index (χ2v) is 4.04. The summed E-state index contributed by atoms with van der Waals surface area (Å²) in [5.41, 5.74) is 0. The lowest BCUT2D eigenvalue weighted by atomic mass is 10.1. The lowest BCUT2D eigenvalue weighted by Crippen LogP contribution is -2.33. The summed E-state index contributed by atoms with van der Waals surface area (Å²) in [6.45, 7) is 3.16. The van der Waals surface area contributed by atoms with Crippen LogP contribution in [0.25, 0.3) is 0 Å². The van der Waals surface area contributed by atoms with Crippen molar-refractivity contribution in [3.05, 3.63) is 12.2 Å². The van der Waals surface area contributed by atoms with E-state index in [1.807, 2.05) is 6.92 Å². The number of rotatable bonds is 7. The summed E-state index contributed by atoms with van der Waals surface area (Å²) in [6.07, 6.45) is 4.94. The van der Waals surface area contributed by atoms with E-state index in [1.165, 1.54) is 0 Å². The molecule has 1 rings (SSSR count). The van der Waals surface area contributed by atoms with Crippen molar-refractivity contribution >= 4 is 11.9 Å². The minimum atomic E-state index is -0.839. The molecule has 1 aliphatic carbocycles. The SMILES string of the molecule is CCOCCCC(=O)NC1C=CC(C(=O)O)C1. The van der Waals surface area contributed by atoms with E-state index in [4.69, 9.17) is 9.84 Å². The lowest BCUT2D eigenvalue weighted by Gasteiger charge is -2.11. The number of hydrogen-bond acceptors (Lipinski definition) is 3. The molecule has 0 aromatic heterocycles. The Kier molecular flexibility index (Phi) is 5.69. The van der Waals surface area contributed by atoms with Crippen LogP contribution in [0.5, 0.6) is 0 Å². The van der Waals surface area contributed by atoms with Crippen molar-refractivity contribution in [2.45, 2.75) is 32.2 Å². The molecule has 0 aromatic carbocycles. The number of carboxylic acid groups (broad SMARTS) is 1. The maximum atomic E-state index is 11.5. The highest BCUT2D eigenvalue weighted by Crippen LogP contribution is 2.17. The van der Waals surface area contributed by atoms with Crippen molar-refractivity contribution in [3.8, 4) is 0 Å². The zero-order valence-corrected chi connectivity index (χ0v) is 10.0. The molecule has 96 valence electrons. The summed E-state index contributed by atoms with van der Waals surface area (Å²) < 4.78 is 5.13. The zero-order valence-electron chi connectivity index (χ0n) is 10.0. The van der Waals surface area contributed by atoms with Gasteiger partial charge in [-0.3, -0.25) is 9.59 Å². The number of nitrogens with one attached hydrogen (secondary N) is 1. The van der Waals surface area contributed by atoms with Crippen LogP contribution in [0.2, 0.25) is 0 Å². The molecular weight excluding hydrogens is 222 g/mol. The van der Waals surface area contributed by atoms with Gasteiger partial charge in [0.15, 0.2) is 0 Å². The monoisotopic (exact) mass is 241 g/mol. The standard InChI is InChI=1S/C12H19NO4/c1-2-17-7-3-4-11(14)13-10-6-5-9(8-10)12(15)16/h5-6,9-10H,2-4,7-8H2,1H3,(H,13,14)(H,15,16).